The van der Waals surface area contributed by atoms with E-state index in [1.165, 1.54) is 6.26 Å². The summed E-state index contributed by atoms with van der Waals surface area (Å²) in [5, 5.41) is 71.3. The number of carbonyl (C=O) groups is 1. The fourth-order valence-corrected chi connectivity index (χ4v) is 7.30. The molecular weight excluding hydrogens is 590 g/mol. The van der Waals surface area contributed by atoms with Crippen molar-refractivity contribution in [3.63, 3.8) is 0 Å². The highest BCUT2D eigenvalue weighted by Gasteiger charge is 2.77. The van der Waals surface area contributed by atoms with E-state index in [9.17, 15) is 35.4 Å². The van der Waals surface area contributed by atoms with E-state index in [1.54, 1.807) is 50.4 Å². The van der Waals surface area contributed by atoms with E-state index in [1.807, 2.05) is 0 Å². The van der Waals surface area contributed by atoms with Gasteiger partial charge in [-0.15, -0.1) is 0 Å². The molecule has 45 heavy (non-hydrogen) atoms. The van der Waals surface area contributed by atoms with Gasteiger partial charge >= 0.3 is 5.97 Å². The second-order valence-electron chi connectivity index (χ2n) is 11.8. The van der Waals surface area contributed by atoms with Gasteiger partial charge < -0.3 is 59.3 Å². The van der Waals surface area contributed by atoms with Gasteiger partial charge in [0.25, 0.3) is 0 Å². The lowest BCUT2D eigenvalue weighted by Crippen LogP contribution is -2.84. The lowest BCUT2D eigenvalue weighted by atomic mass is 9.45. The molecule has 2 fully saturated rings. The van der Waals surface area contributed by atoms with Crippen molar-refractivity contribution in [3.05, 3.63) is 48.3 Å². The number of hydrogen-bond acceptors (Lipinski definition) is 13. The molecule has 2 heterocycles. The molecule has 13 heteroatoms. The molecule has 7 N–H and O–H groups in total. The molecule has 0 spiro atoms. The lowest BCUT2D eigenvalue weighted by Gasteiger charge is -2.67. The van der Waals surface area contributed by atoms with Crippen LogP contribution in [0.25, 0.3) is 11.0 Å². The number of aryl methyl sites for hydroxylation is 1. The highest BCUT2D eigenvalue weighted by Crippen LogP contribution is 2.63. The van der Waals surface area contributed by atoms with Crippen LogP contribution in [0.1, 0.15) is 25.3 Å². The number of benzene rings is 1. The zero-order valence-electron chi connectivity index (χ0n) is 25.4. The van der Waals surface area contributed by atoms with Crippen molar-refractivity contribution in [2.45, 2.75) is 55.9 Å². The summed E-state index contributed by atoms with van der Waals surface area (Å²) in [4.78, 5) is 12.4. The van der Waals surface area contributed by atoms with Crippen molar-refractivity contribution >= 4 is 16.9 Å². The van der Waals surface area contributed by atoms with E-state index in [2.05, 4.69) is 5.32 Å². The van der Waals surface area contributed by atoms with Crippen molar-refractivity contribution in [1.29, 1.82) is 0 Å². The van der Waals surface area contributed by atoms with Gasteiger partial charge in [0.2, 0.25) is 12.0 Å². The second kappa shape index (κ2) is 13.4. The van der Waals surface area contributed by atoms with Gasteiger partial charge in [0, 0.05) is 42.9 Å². The van der Waals surface area contributed by atoms with Crippen LogP contribution in [0.4, 0.5) is 0 Å². The quantitative estimate of drug-likeness (QED) is 0.110. The average Bonchev–Trinajstić information content (AvgIpc) is 3.50. The van der Waals surface area contributed by atoms with Crippen LogP contribution in [0.3, 0.4) is 0 Å². The standard InChI is InChI=1S/C32H43NO12/c1-3-41-24(37)8-7-19-14-20-9-12-42-25(20)27(43-13-11-33-2)26(19)45-29-32(40)28(38)31(39,23(18-36)44-29)15-21-6-4-5-10-30(21,32)22(16-34)17-35/h4-6,9-10,12,14,21-23,28-29,33-36,38-40H,3,7-8,11,13,15-18H2,1-2H3/t21-,23-,28+,29-,30-,31-,32+/m1/s1. The van der Waals surface area contributed by atoms with E-state index in [-0.39, 0.29) is 44.0 Å². The number of aliphatic hydroxyl groups excluding tert-OH is 4. The summed E-state index contributed by atoms with van der Waals surface area (Å²) in [6.45, 7) is 0.676. The van der Waals surface area contributed by atoms with E-state index in [4.69, 9.17) is 23.4 Å². The Morgan fingerprint density at radius 2 is 1.96 bits per heavy atom. The zero-order chi connectivity index (χ0) is 32.4. The molecular formula is C32H43NO12. The predicted molar refractivity (Wildman–Crippen MR) is 159 cm³/mol. The van der Waals surface area contributed by atoms with E-state index >= 15 is 0 Å². The summed E-state index contributed by atoms with van der Waals surface area (Å²) < 4.78 is 29.7. The fourth-order valence-electron chi connectivity index (χ4n) is 7.30. The van der Waals surface area contributed by atoms with Crippen molar-refractivity contribution < 1.29 is 58.8 Å². The number of allylic oxidation sites excluding steroid dienone is 3. The Bertz CT molecular complexity index is 1400. The third-order valence-corrected chi connectivity index (χ3v) is 9.51. The number of furan rings is 1. The Morgan fingerprint density at radius 3 is 2.64 bits per heavy atom. The number of esters is 1. The number of aliphatic hydroxyl groups is 6. The van der Waals surface area contributed by atoms with Gasteiger partial charge in [-0.3, -0.25) is 4.79 Å². The normalized spacial score (nSPS) is 32.1. The van der Waals surface area contributed by atoms with Crippen molar-refractivity contribution in [1.82, 2.24) is 5.32 Å². The van der Waals surface area contributed by atoms with Crippen LogP contribution in [0.15, 0.2) is 47.1 Å². The minimum atomic E-state index is -2.49. The van der Waals surface area contributed by atoms with Crippen LogP contribution in [0.5, 0.6) is 11.5 Å². The minimum absolute atomic E-state index is 0.0163. The van der Waals surface area contributed by atoms with Gasteiger partial charge in [-0.05, 0) is 50.4 Å². The first-order chi connectivity index (χ1) is 21.7. The van der Waals surface area contributed by atoms with Gasteiger partial charge in [0.15, 0.2) is 16.9 Å². The molecule has 0 radical (unpaired) electrons. The predicted octanol–water partition coefficient (Wildman–Crippen LogP) is 0.179. The monoisotopic (exact) mass is 633 g/mol. The Balaban J connectivity index is 1.69. The van der Waals surface area contributed by atoms with Crippen molar-refractivity contribution in [2.24, 2.45) is 17.3 Å². The van der Waals surface area contributed by atoms with Crippen LogP contribution in [-0.2, 0) is 20.7 Å². The molecule has 1 aromatic carbocycles. The number of ether oxygens (including phenoxy) is 4. The van der Waals surface area contributed by atoms with Crippen LogP contribution < -0.4 is 14.8 Å². The van der Waals surface area contributed by atoms with Gasteiger partial charge in [0.05, 0.1) is 19.5 Å². The maximum Gasteiger partial charge on any atom is 0.306 e. The number of rotatable bonds is 14. The molecule has 0 unspecified atom stereocenters. The molecule has 0 amide bonds. The summed E-state index contributed by atoms with van der Waals surface area (Å²) in [5.41, 5.74) is -5.41. The summed E-state index contributed by atoms with van der Waals surface area (Å²) in [7, 11) is 1.76. The Hall–Kier alpha value is -3.01. The third kappa shape index (κ3) is 5.34. The number of likely N-dealkylation sites (N-methyl/N-ethyl adjacent to an activating group) is 1. The van der Waals surface area contributed by atoms with Gasteiger partial charge in [0.1, 0.15) is 24.4 Å². The average molecular weight is 634 g/mol. The van der Waals surface area contributed by atoms with Gasteiger partial charge in [-0.25, -0.2) is 0 Å². The highest BCUT2D eigenvalue weighted by molar-refractivity contribution is 5.87. The summed E-state index contributed by atoms with van der Waals surface area (Å²) in [6.07, 6.45) is 2.97. The summed E-state index contributed by atoms with van der Waals surface area (Å²) in [6, 6.07) is 3.47. The zero-order valence-corrected chi connectivity index (χ0v) is 25.4. The molecule has 2 bridgehead atoms. The molecule has 1 aliphatic heterocycles. The first-order valence-electron chi connectivity index (χ1n) is 15.3. The van der Waals surface area contributed by atoms with E-state index < -0.39 is 72.7 Å². The van der Waals surface area contributed by atoms with Crippen LogP contribution in [-0.4, -0.2) is 113 Å². The minimum Gasteiger partial charge on any atom is -0.485 e. The molecule has 1 saturated heterocycles. The van der Waals surface area contributed by atoms with Crippen LogP contribution in [0, 0.1) is 17.3 Å². The molecule has 13 nitrogen and oxygen atoms in total. The second-order valence-corrected chi connectivity index (χ2v) is 11.8. The topological polar surface area (TPSA) is 201 Å². The molecule has 2 aromatic rings. The molecule has 1 saturated carbocycles. The highest BCUT2D eigenvalue weighted by atomic mass is 16.7. The smallest absolute Gasteiger partial charge is 0.306 e. The third-order valence-electron chi connectivity index (χ3n) is 9.51. The van der Waals surface area contributed by atoms with E-state index in [0.29, 0.717) is 23.1 Å². The van der Waals surface area contributed by atoms with Crippen molar-refractivity contribution in [3.8, 4) is 11.5 Å². The first kappa shape index (κ1) is 33.4. The number of carbonyl (C=O) groups excluding carboxylic acids is 1. The number of nitrogens with one attached hydrogen (secondary N) is 1. The van der Waals surface area contributed by atoms with Gasteiger partial charge in [-0.2, -0.15) is 0 Å². The number of hydrogen-bond donors (Lipinski definition) is 7. The largest absolute Gasteiger partial charge is 0.485 e. The Morgan fingerprint density at radius 1 is 1.18 bits per heavy atom. The SMILES string of the molecule is CCOC(=O)CCc1cc2ccoc2c(OCCNC)c1O[C@H]1O[C@H](CO)[C@]2(O)C[C@H]3C=CC=C[C@@]3(C(CO)CO)[C@]1(O)[C@H]2O. The Labute approximate surface area is 260 Å². The summed E-state index contributed by atoms with van der Waals surface area (Å²) >= 11 is 0. The molecule has 1 aromatic heterocycles. The van der Waals surface area contributed by atoms with Crippen molar-refractivity contribution in [2.75, 3.05) is 46.6 Å². The maximum absolute atomic E-state index is 12.8. The lowest BCUT2D eigenvalue weighted by molar-refractivity contribution is -0.404. The molecule has 2 aliphatic carbocycles. The molecule has 248 valence electrons. The van der Waals surface area contributed by atoms with Gasteiger partial charge in [-0.1, -0.05) is 24.3 Å². The molecule has 7 atom stereocenters. The van der Waals surface area contributed by atoms with Crippen LogP contribution >= 0.6 is 0 Å². The molecule has 3 aliphatic rings. The first-order valence-corrected chi connectivity index (χ1v) is 15.3. The maximum atomic E-state index is 12.8. The number of fused-ring (bicyclic) bond motifs is 5. The summed E-state index contributed by atoms with van der Waals surface area (Å²) in [5.74, 6) is -1.98. The van der Waals surface area contributed by atoms with Crippen LogP contribution in [0.2, 0.25) is 0 Å². The fraction of sp³-hybridized carbons (Fsp3) is 0.594. The molecule has 5 rings (SSSR count). The Kier molecular flexibility index (Phi) is 9.92. The van der Waals surface area contributed by atoms with E-state index in [0.717, 1.165) is 0 Å².